The summed E-state index contributed by atoms with van der Waals surface area (Å²) in [7, 11) is 0. The molecule has 0 amide bonds. The Morgan fingerprint density at radius 1 is 1.06 bits per heavy atom. The van der Waals surface area contributed by atoms with E-state index in [1.165, 1.54) is 51.6 Å². The van der Waals surface area contributed by atoms with Crippen LogP contribution in [0.3, 0.4) is 0 Å². The highest BCUT2D eigenvalue weighted by molar-refractivity contribution is 4.88. The van der Waals surface area contributed by atoms with Crippen molar-refractivity contribution in [2.24, 2.45) is 17.8 Å². The second kappa shape index (κ2) is 6.91. The molecule has 0 aromatic rings. The summed E-state index contributed by atoms with van der Waals surface area (Å²) in [6.45, 7) is 9.66. The molecular weight excluding hydrogens is 220 g/mol. The second-order valence-electron chi connectivity index (χ2n) is 6.98. The summed E-state index contributed by atoms with van der Waals surface area (Å²) < 4.78 is 0. The normalized spacial score (nSPS) is 38.7. The molecule has 2 fully saturated rings. The van der Waals surface area contributed by atoms with Gasteiger partial charge in [-0.15, -0.1) is 0 Å². The van der Waals surface area contributed by atoms with Crippen molar-refractivity contribution >= 4 is 0 Å². The standard InChI is InChI=1S/C16H32N2/c1-12(2)15-7-6-13(3)11-16(15)18-14-5-4-9-17-10-8-14/h12-18H,4-11H2,1-3H3. The smallest absolute Gasteiger partial charge is 0.0103 e. The van der Waals surface area contributed by atoms with Crippen molar-refractivity contribution in [2.75, 3.05) is 13.1 Å². The molecule has 2 rings (SSSR count). The van der Waals surface area contributed by atoms with Gasteiger partial charge in [0, 0.05) is 12.1 Å². The fourth-order valence-corrected chi connectivity index (χ4v) is 3.88. The third-order valence-electron chi connectivity index (χ3n) is 5.05. The molecule has 4 unspecified atom stereocenters. The van der Waals surface area contributed by atoms with E-state index < -0.39 is 0 Å². The Balaban J connectivity index is 1.90. The van der Waals surface area contributed by atoms with Crippen molar-refractivity contribution in [1.29, 1.82) is 0 Å². The molecule has 2 N–H and O–H groups in total. The Morgan fingerprint density at radius 2 is 1.89 bits per heavy atom. The highest BCUT2D eigenvalue weighted by Crippen LogP contribution is 2.34. The van der Waals surface area contributed by atoms with Gasteiger partial charge in [-0.25, -0.2) is 0 Å². The Morgan fingerprint density at radius 3 is 2.67 bits per heavy atom. The van der Waals surface area contributed by atoms with Crippen LogP contribution in [0, 0.1) is 17.8 Å². The van der Waals surface area contributed by atoms with E-state index in [-0.39, 0.29) is 0 Å². The fourth-order valence-electron chi connectivity index (χ4n) is 3.88. The Labute approximate surface area is 113 Å². The van der Waals surface area contributed by atoms with Gasteiger partial charge in [-0.3, -0.25) is 0 Å². The average Bonchev–Trinajstić information content (AvgIpc) is 2.57. The lowest BCUT2D eigenvalue weighted by Gasteiger charge is -2.40. The van der Waals surface area contributed by atoms with E-state index in [0.29, 0.717) is 0 Å². The summed E-state index contributed by atoms with van der Waals surface area (Å²) in [5.41, 5.74) is 0. The van der Waals surface area contributed by atoms with Gasteiger partial charge in [0.15, 0.2) is 0 Å². The molecule has 18 heavy (non-hydrogen) atoms. The van der Waals surface area contributed by atoms with Crippen LogP contribution in [0.2, 0.25) is 0 Å². The zero-order valence-electron chi connectivity index (χ0n) is 12.5. The van der Waals surface area contributed by atoms with Crippen LogP contribution >= 0.6 is 0 Å². The molecule has 106 valence electrons. The summed E-state index contributed by atoms with van der Waals surface area (Å²) in [4.78, 5) is 0. The molecule has 1 saturated carbocycles. The zero-order valence-corrected chi connectivity index (χ0v) is 12.5. The lowest BCUT2D eigenvalue weighted by atomic mass is 9.73. The molecule has 2 heteroatoms. The highest BCUT2D eigenvalue weighted by Gasteiger charge is 2.31. The predicted molar refractivity (Wildman–Crippen MR) is 78.8 cm³/mol. The first-order valence-corrected chi connectivity index (χ1v) is 8.13. The molecule has 0 aromatic heterocycles. The van der Waals surface area contributed by atoms with Gasteiger partial charge in [-0.1, -0.05) is 27.2 Å². The molecule has 4 atom stereocenters. The first-order chi connectivity index (χ1) is 8.66. The van der Waals surface area contributed by atoms with Crippen LogP contribution in [0.1, 0.15) is 59.3 Å². The first-order valence-electron chi connectivity index (χ1n) is 8.13. The number of rotatable bonds is 3. The van der Waals surface area contributed by atoms with Crippen LogP contribution < -0.4 is 10.6 Å². The average molecular weight is 252 g/mol. The van der Waals surface area contributed by atoms with E-state index in [2.05, 4.69) is 31.4 Å². The van der Waals surface area contributed by atoms with Crippen LogP contribution in [0.4, 0.5) is 0 Å². The van der Waals surface area contributed by atoms with Crippen molar-refractivity contribution < 1.29 is 0 Å². The number of hydrogen-bond donors (Lipinski definition) is 2. The molecule has 2 nitrogen and oxygen atoms in total. The molecule has 1 heterocycles. The van der Waals surface area contributed by atoms with Gasteiger partial charge in [0.2, 0.25) is 0 Å². The van der Waals surface area contributed by atoms with E-state index in [9.17, 15) is 0 Å². The Kier molecular flexibility index (Phi) is 5.50. The maximum absolute atomic E-state index is 4.02. The summed E-state index contributed by atoms with van der Waals surface area (Å²) >= 11 is 0. The fraction of sp³-hybridized carbons (Fsp3) is 1.00. The Hall–Kier alpha value is -0.0800. The van der Waals surface area contributed by atoms with E-state index in [1.54, 1.807) is 0 Å². The zero-order chi connectivity index (χ0) is 13.0. The lowest BCUT2D eigenvalue weighted by molar-refractivity contribution is 0.156. The minimum atomic E-state index is 0.761. The summed E-state index contributed by atoms with van der Waals surface area (Å²) in [5, 5.41) is 7.54. The third-order valence-corrected chi connectivity index (χ3v) is 5.05. The minimum Gasteiger partial charge on any atom is -0.317 e. The van der Waals surface area contributed by atoms with Gasteiger partial charge in [0.05, 0.1) is 0 Å². The van der Waals surface area contributed by atoms with Gasteiger partial charge >= 0.3 is 0 Å². The van der Waals surface area contributed by atoms with Gasteiger partial charge in [0.1, 0.15) is 0 Å². The molecule has 2 aliphatic rings. The third kappa shape index (κ3) is 3.96. The van der Waals surface area contributed by atoms with Crippen LogP contribution in [0.5, 0.6) is 0 Å². The maximum Gasteiger partial charge on any atom is 0.0103 e. The number of nitrogens with one attached hydrogen (secondary N) is 2. The second-order valence-corrected chi connectivity index (χ2v) is 6.98. The molecule has 1 aliphatic heterocycles. The van der Waals surface area contributed by atoms with Crippen molar-refractivity contribution in [3.63, 3.8) is 0 Å². The quantitative estimate of drug-likeness (QED) is 0.806. The first kappa shape index (κ1) is 14.3. The lowest BCUT2D eigenvalue weighted by Crippen LogP contribution is -2.47. The highest BCUT2D eigenvalue weighted by atomic mass is 15.0. The number of hydrogen-bond acceptors (Lipinski definition) is 2. The summed E-state index contributed by atoms with van der Waals surface area (Å²) in [6, 6.07) is 1.54. The molecular formula is C16H32N2. The van der Waals surface area contributed by atoms with E-state index in [4.69, 9.17) is 0 Å². The van der Waals surface area contributed by atoms with Crippen LogP contribution in [-0.4, -0.2) is 25.2 Å². The maximum atomic E-state index is 4.02. The van der Waals surface area contributed by atoms with Gasteiger partial charge in [-0.2, -0.15) is 0 Å². The topological polar surface area (TPSA) is 24.1 Å². The molecule has 0 spiro atoms. The predicted octanol–water partition coefficient (Wildman–Crippen LogP) is 3.18. The van der Waals surface area contributed by atoms with Crippen molar-refractivity contribution in [1.82, 2.24) is 10.6 Å². The SMILES string of the molecule is CC1CCC(C(C)C)C(NC2CCCNCC2)C1. The minimum absolute atomic E-state index is 0.761. The van der Waals surface area contributed by atoms with Crippen LogP contribution in [-0.2, 0) is 0 Å². The van der Waals surface area contributed by atoms with E-state index >= 15 is 0 Å². The Bertz CT molecular complexity index is 231. The summed E-state index contributed by atoms with van der Waals surface area (Å²) in [5.74, 6) is 2.65. The van der Waals surface area contributed by atoms with Gasteiger partial charge < -0.3 is 10.6 Å². The van der Waals surface area contributed by atoms with Crippen molar-refractivity contribution in [2.45, 2.75) is 71.4 Å². The van der Waals surface area contributed by atoms with Crippen LogP contribution in [0.25, 0.3) is 0 Å². The van der Waals surface area contributed by atoms with Gasteiger partial charge in [0.25, 0.3) is 0 Å². The van der Waals surface area contributed by atoms with Gasteiger partial charge in [-0.05, 0) is 62.9 Å². The molecule has 1 saturated heterocycles. The van der Waals surface area contributed by atoms with E-state index in [1.807, 2.05) is 0 Å². The largest absolute Gasteiger partial charge is 0.317 e. The van der Waals surface area contributed by atoms with E-state index in [0.717, 1.165) is 29.8 Å². The summed E-state index contributed by atoms with van der Waals surface area (Å²) in [6.07, 6.45) is 8.28. The molecule has 0 bridgehead atoms. The molecule has 1 aliphatic carbocycles. The molecule has 0 radical (unpaired) electrons. The van der Waals surface area contributed by atoms with Crippen molar-refractivity contribution in [3.8, 4) is 0 Å². The van der Waals surface area contributed by atoms with Crippen molar-refractivity contribution in [3.05, 3.63) is 0 Å². The monoisotopic (exact) mass is 252 g/mol. The van der Waals surface area contributed by atoms with Crippen LogP contribution in [0.15, 0.2) is 0 Å². The molecule has 0 aromatic carbocycles.